The fourth-order valence-electron chi connectivity index (χ4n) is 2.49. The van der Waals surface area contributed by atoms with Gasteiger partial charge in [0.15, 0.2) is 5.82 Å². The lowest BCUT2D eigenvalue weighted by Gasteiger charge is -2.13. The molecule has 1 saturated carbocycles. The van der Waals surface area contributed by atoms with E-state index in [0.717, 1.165) is 18.2 Å². The number of hydrogen-bond acceptors (Lipinski definition) is 4. The van der Waals surface area contributed by atoms with Crippen LogP contribution in [-0.2, 0) is 0 Å². The van der Waals surface area contributed by atoms with Crippen molar-refractivity contribution in [3.05, 3.63) is 11.7 Å². The molecule has 4 heteroatoms. The van der Waals surface area contributed by atoms with E-state index in [1.807, 2.05) is 0 Å². The minimum atomic E-state index is -0.125. The summed E-state index contributed by atoms with van der Waals surface area (Å²) >= 11 is 0. The van der Waals surface area contributed by atoms with Crippen LogP contribution in [0.4, 0.5) is 0 Å². The van der Waals surface area contributed by atoms with Gasteiger partial charge in [0, 0.05) is 5.92 Å². The Bertz CT molecular complexity index is 347. The lowest BCUT2D eigenvalue weighted by Crippen LogP contribution is -2.19. The van der Waals surface area contributed by atoms with Crippen molar-refractivity contribution in [2.45, 2.75) is 58.4 Å². The number of nitrogens with zero attached hydrogens (tertiary/aromatic N) is 2. The van der Waals surface area contributed by atoms with Crippen LogP contribution in [0.5, 0.6) is 0 Å². The first kappa shape index (κ1) is 12.6. The summed E-state index contributed by atoms with van der Waals surface area (Å²) in [5, 5.41) is 4.10. The van der Waals surface area contributed by atoms with Crippen LogP contribution in [0.25, 0.3) is 0 Å². The number of hydrogen-bond donors (Lipinski definition) is 1. The molecule has 1 aromatic heterocycles. The predicted octanol–water partition coefficient (Wildman–Crippen LogP) is 3.02. The Hall–Kier alpha value is -0.900. The van der Waals surface area contributed by atoms with Crippen molar-refractivity contribution in [3.63, 3.8) is 0 Å². The Morgan fingerprint density at radius 2 is 2.24 bits per heavy atom. The molecular formula is C13H23N3O. The molecule has 0 radical (unpaired) electrons. The van der Waals surface area contributed by atoms with Gasteiger partial charge in [0.25, 0.3) is 0 Å². The van der Waals surface area contributed by atoms with Gasteiger partial charge in [-0.1, -0.05) is 32.3 Å². The summed E-state index contributed by atoms with van der Waals surface area (Å²) in [4.78, 5) is 4.49. The van der Waals surface area contributed by atoms with Crippen LogP contribution in [-0.4, -0.2) is 10.1 Å². The maximum absolute atomic E-state index is 6.09. The van der Waals surface area contributed by atoms with Gasteiger partial charge in [0.1, 0.15) is 0 Å². The average Bonchev–Trinajstić information content (AvgIpc) is 2.95. The summed E-state index contributed by atoms with van der Waals surface area (Å²) in [6, 6.07) is -0.125. The smallest absolute Gasteiger partial charge is 0.243 e. The van der Waals surface area contributed by atoms with Crippen LogP contribution in [0, 0.1) is 11.8 Å². The Balaban J connectivity index is 2.05. The molecule has 96 valence electrons. The molecule has 4 unspecified atom stereocenters. The summed E-state index contributed by atoms with van der Waals surface area (Å²) in [7, 11) is 0. The summed E-state index contributed by atoms with van der Waals surface area (Å²) < 4.78 is 5.31. The zero-order valence-corrected chi connectivity index (χ0v) is 11.0. The topological polar surface area (TPSA) is 64.9 Å². The highest BCUT2D eigenvalue weighted by Gasteiger charge is 2.28. The minimum absolute atomic E-state index is 0.125. The Morgan fingerprint density at radius 1 is 1.47 bits per heavy atom. The van der Waals surface area contributed by atoms with Gasteiger partial charge in [-0.15, -0.1) is 0 Å². The average molecular weight is 237 g/mol. The van der Waals surface area contributed by atoms with E-state index in [1.165, 1.54) is 19.3 Å². The fraction of sp³-hybridized carbons (Fsp3) is 0.846. The molecule has 0 aromatic carbocycles. The molecule has 1 aliphatic carbocycles. The zero-order chi connectivity index (χ0) is 12.4. The molecule has 0 aliphatic heterocycles. The number of nitrogens with two attached hydrogens (primary N) is 1. The van der Waals surface area contributed by atoms with E-state index < -0.39 is 0 Å². The Kier molecular flexibility index (Phi) is 3.82. The molecule has 0 saturated heterocycles. The predicted molar refractivity (Wildman–Crippen MR) is 66.4 cm³/mol. The van der Waals surface area contributed by atoms with Gasteiger partial charge in [-0.2, -0.15) is 4.98 Å². The minimum Gasteiger partial charge on any atom is -0.338 e. The third kappa shape index (κ3) is 2.68. The quantitative estimate of drug-likeness (QED) is 0.874. The first-order valence-corrected chi connectivity index (χ1v) is 6.70. The lowest BCUT2D eigenvalue weighted by atomic mass is 10.00. The molecule has 1 fully saturated rings. The number of rotatable bonds is 4. The van der Waals surface area contributed by atoms with Crippen LogP contribution in [0.1, 0.15) is 70.1 Å². The molecule has 1 aromatic rings. The molecule has 1 heterocycles. The van der Waals surface area contributed by atoms with Gasteiger partial charge in [-0.3, -0.25) is 0 Å². The van der Waals surface area contributed by atoms with Gasteiger partial charge < -0.3 is 10.3 Å². The fourth-order valence-corrected chi connectivity index (χ4v) is 2.49. The summed E-state index contributed by atoms with van der Waals surface area (Å²) in [6.07, 6.45) is 4.65. The van der Waals surface area contributed by atoms with Gasteiger partial charge in [0.05, 0.1) is 6.04 Å². The molecule has 4 atom stereocenters. The van der Waals surface area contributed by atoms with Gasteiger partial charge in [0.2, 0.25) is 5.89 Å². The van der Waals surface area contributed by atoms with E-state index in [9.17, 15) is 0 Å². The van der Waals surface area contributed by atoms with E-state index in [-0.39, 0.29) is 6.04 Å². The molecule has 4 nitrogen and oxygen atoms in total. The monoisotopic (exact) mass is 237 g/mol. The highest BCUT2D eigenvalue weighted by atomic mass is 16.5. The van der Waals surface area contributed by atoms with Crippen molar-refractivity contribution in [3.8, 4) is 0 Å². The second-order valence-electron chi connectivity index (χ2n) is 5.52. The van der Waals surface area contributed by atoms with Crippen molar-refractivity contribution >= 4 is 0 Å². The van der Waals surface area contributed by atoms with Crippen LogP contribution in [0.3, 0.4) is 0 Å². The van der Waals surface area contributed by atoms with Crippen LogP contribution < -0.4 is 5.73 Å². The van der Waals surface area contributed by atoms with Gasteiger partial charge in [-0.25, -0.2) is 0 Å². The zero-order valence-electron chi connectivity index (χ0n) is 11.0. The van der Waals surface area contributed by atoms with Gasteiger partial charge >= 0.3 is 0 Å². The molecule has 1 aliphatic rings. The lowest BCUT2D eigenvalue weighted by molar-refractivity contribution is 0.309. The van der Waals surface area contributed by atoms with Crippen molar-refractivity contribution in [2.24, 2.45) is 17.6 Å². The van der Waals surface area contributed by atoms with E-state index >= 15 is 0 Å². The van der Waals surface area contributed by atoms with E-state index in [0.29, 0.717) is 17.7 Å². The molecule has 2 N–H and O–H groups in total. The van der Waals surface area contributed by atoms with Crippen LogP contribution in [0.15, 0.2) is 4.52 Å². The van der Waals surface area contributed by atoms with Gasteiger partial charge in [-0.05, 0) is 31.1 Å². The highest BCUT2D eigenvalue weighted by Crippen LogP contribution is 2.36. The molecule has 0 spiro atoms. The van der Waals surface area contributed by atoms with E-state index in [1.54, 1.807) is 0 Å². The largest absolute Gasteiger partial charge is 0.338 e. The van der Waals surface area contributed by atoms with E-state index in [4.69, 9.17) is 10.3 Å². The Morgan fingerprint density at radius 3 is 2.82 bits per heavy atom. The van der Waals surface area contributed by atoms with E-state index in [2.05, 4.69) is 30.9 Å². The van der Waals surface area contributed by atoms with Crippen molar-refractivity contribution < 1.29 is 4.52 Å². The summed E-state index contributed by atoms with van der Waals surface area (Å²) in [6.45, 7) is 6.53. The van der Waals surface area contributed by atoms with Crippen LogP contribution in [0.2, 0.25) is 0 Å². The first-order chi connectivity index (χ1) is 8.11. The SMILES string of the molecule is CCC(C)C(N)c1nc(C2CCC(C)C2)no1. The van der Waals surface area contributed by atoms with Crippen LogP contribution >= 0.6 is 0 Å². The third-order valence-electron chi connectivity index (χ3n) is 4.06. The maximum Gasteiger partial charge on any atom is 0.243 e. The summed E-state index contributed by atoms with van der Waals surface area (Å²) in [5.74, 6) is 3.11. The standard InChI is InChI=1S/C13H23N3O/c1-4-9(3)11(14)13-15-12(16-17-13)10-6-5-8(2)7-10/h8-11H,4-7,14H2,1-3H3. The van der Waals surface area contributed by atoms with Crippen molar-refractivity contribution in [1.29, 1.82) is 0 Å². The first-order valence-electron chi connectivity index (χ1n) is 6.70. The summed E-state index contributed by atoms with van der Waals surface area (Å²) in [5.41, 5.74) is 6.09. The maximum atomic E-state index is 6.09. The molecule has 0 bridgehead atoms. The molecular weight excluding hydrogens is 214 g/mol. The normalized spacial score (nSPS) is 28.2. The second kappa shape index (κ2) is 5.17. The molecule has 2 rings (SSSR count). The molecule has 17 heavy (non-hydrogen) atoms. The second-order valence-corrected chi connectivity index (χ2v) is 5.52. The number of aromatic nitrogens is 2. The van der Waals surface area contributed by atoms with Crippen molar-refractivity contribution in [2.75, 3.05) is 0 Å². The highest BCUT2D eigenvalue weighted by molar-refractivity contribution is 5.01. The Labute approximate surface area is 103 Å². The third-order valence-corrected chi connectivity index (χ3v) is 4.06. The molecule has 0 amide bonds. The van der Waals surface area contributed by atoms with Crippen molar-refractivity contribution in [1.82, 2.24) is 10.1 Å².